The Balaban J connectivity index is 1.95. The van der Waals surface area contributed by atoms with Gasteiger partial charge in [0.2, 0.25) is 0 Å². The van der Waals surface area contributed by atoms with E-state index in [1.165, 1.54) is 5.56 Å². The van der Waals surface area contributed by atoms with E-state index in [1.54, 1.807) is 6.07 Å². The van der Waals surface area contributed by atoms with Crippen LogP contribution in [0.25, 0.3) is 0 Å². The van der Waals surface area contributed by atoms with Crippen LogP contribution in [0.4, 0.5) is 0 Å². The minimum atomic E-state index is 0.321. The minimum absolute atomic E-state index is 0.321. The molecule has 0 spiro atoms. The van der Waals surface area contributed by atoms with Crippen LogP contribution in [0, 0.1) is 0 Å². The lowest BCUT2D eigenvalue weighted by atomic mass is 10.1. The normalized spacial score (nSPS) is 12.6. The molecule has 0 bridgehead atoms. The zero-order chi connectivity index (χ0) is 14.4. The fourth-order valence-corrected chi connectivity index (χ4v) is 2.28. The van der Waals surface area contributed by atoms with Gasteiger partial charge in [-0.3, -0.25) is 0 Å². The average molecular weight is 270 g/mol. The van der Waals surface area contributed by atoms with Crippen LogP contribution in [-0.4, -0.2) is 30.6 Å². The number of phenols is 1. The summed E-state index contributed by atoms with van der Waals surface area (Å²) in [6, 6.07) is 18.2. The van der Waals surface area contributed by atoms with Crippen LogP contribution in [0.2, 0.25) is 0 Å². The molecule has 1 atom stereocenters. The van der Waals surface area contributed by atoms with Crippen molar-refractivity contribution in [3.63, 3.8) is 0 Å². The SMILES string of the molecule is CN(C)C(CNCc1ccccc1O)c1ccccc1. The Morgan fingerprint density at radius 3 is 2.30 bits per heavy atom. The molecule has 20 heavy (non-hydrogen) atoms. The van der Waals surface area contributed by atoms with Gasteiger partial charge < -0.3 is 15.3 Å². The van der Waals surface area contributed by atoms with Gasteiger partial charge in [-0.2, -0.15) is 0 Å². The van der Waals surface area contributed by atoms with Crippen molar-refractivity contribution < 1.29 is 5.11 Å². The highest BCUT2D eigenvalue weighted by atomic mass is 16.3. The fourth-order valence-electron chi connectivity index (χ4n) is 2.28. The van der Waals surface area contributed by atoms with Crippen LogP contribution < -0.4 is 5.32 Å². The van der Waals surface area contributed by atoms with Crippen molar-refractivity contribution in [2.45, 2.75) is 12.6 Å². The molecule has 0 amide bonds. The molecule has 0 radical (unpaired) electrons. The fraction of sp³-hybridized carbons (Fsp3) is 0.294. The van der Waals surface area contributed by atoms with E-state index in [4.69, 9.17) is 0 Å². The second kappa shape index (κ2) is 7.08. The third kappa shape index (κ3) is 3.83. The van der Waals surface area contributed by atoms with E-state index in [1.807, 2.05) is 24.3 Å². The van der Waals surface area contributed by atoms with Gasteiger partial charge in [-0.1, -0.05) is 48.5 Å². The zero-order valence-corrected chi connectivity index (χ0v) is 12.1. The van der Waals surface area contributed by atoms with Crippen molar-refractivity contribution in [2.24, 2.45) is 0 Å². The largest absolute Gasteiger partial charge is 0.508 e. The molecule has 1 unspecified atom stereocenters. The topological polar surface area (TPSA) is 35.5 Å². The van der Waals surface area contributed by atoms with Crippen molar-refractivity contribution in [2.75, 3.05) is 20.6 Å². The summed E-state index contributed by atoms with van der Waals surface area (Å²) < 4.78 is 0. The molecule has 0 aromatic heterocycles. The van der Waals surface area contributed by atoms with Crippen molar-refractivity contribution in [1.29, 1.82) is 0 Å². The number of rotatable bonds is 6. The number of hydrogen-bond donors (Lipinski definition) is 2. The maximum Gasteiger partial charge on any atom is 0.120 e. The molecule has 3 nitrogen and oxygen atoms in total. The average Bonchev–Trinajstić information content (AvgIpc) is 2.46. The van der Waals surface area contributed by atoms with Crippen molar-refractivity contribution in [3.05, 3.63) is 65.7 Å². The summed E-state index contributed by atoms with van der Waals surface area (Å²) >= 11 is 0. The molecule has 0 saturated heterocycles. The first kappa shape index (κ1) is 14.6. The molecule has 0 aliphatic heterocycles. The second-order valence-electron chi connectivity index (χ2n) is 5.15. The van der Waals surface area contributed by atoms with Gasteiger partial charge in [0.1, 0.15) is 5.75 Å². The second-order valence-corrected chi connectivity index (χ2v) is 5.15. The van der Waals surface area contributed by atoms with Gasteiger partial charge in [0.05, 0.1) is 0 Å². The lowest BCUT2D eigenvalue weighted by Gasteiger charge is -2.25. The van der Waals surface area contributed by atoms with E-state index < -0.39 is 0 Å². The van der Waals surface area contributed by atoms with Gasteiger partial charge >= 0.3 is 0 Å². The van der Waals surface area contributed by atoms with Gasteiger partial charge in [-0.05, 0) is 25.7 Å². The quantitative estimate of drug-likeness (QED) is 0.847. The van der Waals surface area contributed by atoms with Crippen LogP contribution in [0.15, 0.2) is 54.6 Å². The molecular formula is C17H22N2O. The maximum absolute atomic E-state index is 9.75. The predicted octanol–water partition coefficient (Wildman–Crippen LogP) is 2.78. The van der Waals surface area contributed by atoms with E-state index in [9.17, 15) is 5.11 Å². The van der Waals surface area contributed by atoms with Crippen molar-refractivity contribution in [3.8, 4) is 5.75 Å². The molecule has 3 heteroatoms. The first-order valence-corrected chi connectivity index (χ1v) is 6.87. The molecule has 0 heterocycles. The number of likely N-dealkylation sites (N-methyl/N-ethyl adjacent to an activating group) is 1. The van der Waals surface area contributed by atoms with Crippen LogP contribution in [0.5, 0.6) is 5.75 Å². The Kier molecular flexibility index (Phi) is 5.16. The molecule has 2 N–H and O–H groups in total. The summed E-state index contributed by atoms with van der Waals surface area (Å²) in [4.78, 5) is 2.20. The van der Waals surface area contributed by atoms with Gasteiger partial charge in [0.15, 0.2) is 0 Å². The van der Waals surface area contributed by atoms with Crippen LogP contribution in [0.3, 0.4) is 0 Å². The third-order valence-electron chi connectivity index (χ3n) is 3.45. The van der Waals surface area contributed by atoms with Crippen molar-refractivity contribution >= 4 is 0 Å². The van der Waals surface area contributed by atoms with E-state index in [2.05, 4.69) is 48.6 Å². The molecule has 0 aliphatic carbocycles. The number of nitrogens with one attached hydrogen (secondary N) is 1. The molecule has 2 aromatic rings. The minimum Gasteiger partial charge on any atom is -0.508 e. The summed E-state index contributed by atoms with van der Waals surface area (Å²) in [5.41, 5.74) is 2.22. The summed E-state index contributed by atoms with van der Waals surface area (Å²) in [6.07, 6.45) is 0. The third-order valence-corrected chi connectivity index (χ3v) is 3.45. The van der Waals surface area contributed by atoms with Crippen LogP contribution in [0.1, 0.15) is 17.2 Å². The van der Waals surface area contributed by atoms with E-state index in [0.29, 0.717) is 18.3 Å². The van der Waals surface area contributed by atoms with Crippen LogP contribution in [-0.2, 0) is 6.54 Å². The summed E-state index contributed by atoms with van der Waals surface area (Å²) in [5.74, 6) is 0.348. The first-order chi connectivity index (χ1) is 9.68. The number of hydrogen-bond acceptors (Lipinski definition) is 3. The molecule has 106 valence electrons. The maximum atomic E-state index is 9.75. The lowest BCUT2D eigenvalue weighted by molar-refractivity contribution is 0.288. The molecule has 0 saturated carbocycles. The van der Waals surface area contributed by atoms with E-state index in [0.717, 1.165) is 12.1 Å². The number of benzene rings is 2. The Morgan fingerprint density at radius 1 is 1.00 bits per heavy atom. The summed E-state index contributed by atoms with van der Waals surface area (Å²) in [5, 5.41) is 13.2. The highest BCUT2D eigenvalue weighted by molar-refractivity contribution is 5.31. The Hall–Kier alpha value is -1.84. The number of para-hydroxylation sites is 1. The van der Waals surface area contributed by atoms with E-state index >= 15 is 0 Å². The highest BCUT2D eigenvalue weighted by Crippen LogP contribution is 2.18. The Labute approximate surface area is 120 Å². The Bertz CT molecular complexity index is 526. The van der Waals surface area contributed by atoms with Crippen LogP contribution >= 0.6 is 0 Å². The number of aromatic hydroxyl groups is 1. The number of nitrogens with zero attached hydrogens (tertiary/aromatic N) is 1. The van der Waals surface area contributed by atoms with Gasteiger partial charge in [-0.15, -0.1) is 0 Å². The first-order valence-electron chi connectivity index (χ1n) is 6.87. The summed E-state index contributed by atoms with van der Waals surface area (Å²) in [7, 11) is 4.17. The van der Waals surface area contributed by atoms with Gasteiger partial charge in [0, 0.05) is 24.7 Å². The molecule has 0 aliphatic rings. The van der Waals surface area contributed by atoms with Gasteiger partial charge in [-0.25, -0.2) is 0 Å². The molecular weight excluding hydrogens is 248 g/mol. The van der Waals surface area contributed by atoms with Crippen molar-refractivity contribution in [1.82, 2.24) is 10.2 Å². The van der Waals surface area contributed by atoms with Gasteiger partial charge in [0.25, 0.3) is 0 Å². The molecule has 2 aromatic carbocycles. The Morgan fingerprint density at radius 2 is 1.65 bits per heavy atom. The smallest absolute Gasteiger partial charge is 0.120 e. The zero-order valence-electron chi connectivity index (χ0n) is 12.1. The summed E-state index contributed by atoms with van der Waals surface area (Å²) in [6.45, 7) is 1.51. The predicted molar refractivity (Wildman–Crippen MR) is 82.7 cm³/mol. The molecule has 0 fully saturated rings. The highest BCUT2D eigenvalue weighted by Gasteiger charge is 2.13. The number of phenolic OH excluding ortho intramolecular Hbond substituents is 1. The molecule has 2 rings (SSSR count). The standard InChI is InChI=1S/C17H22N2O/c1-19(2)16(14-8-4-3-5-9-14)13-18-12-15-10-6-7-11-17(15)20/h3-11,16,18,20H,12-13H2,1-2H3. The van der Waals surface area contributed by atoms with E-state index in [-0.39, 0.29) is 0 Å². The monoisotopic (exact) mass is 270 g/mol. The lowest BCUT2D eigenvalue weighted by Crippen LogP contribution is -2.30.